The predicted molar refractivity (Wildman–Crippen MR) is 66.2 cm³/mol. The summed E-state index contributed by atoms with van der Waals surface area (Å²) in [4.78, 5) is 4.31. The highest BCUT2D eigenvalue weighted by atomic mass is 35.5. The number of nitrogens with one attached hydrogen (secondary N) is 1. The van der Waals surface area contributed by atoms with Crippen LogP contribution in [0, 0.1) is 0 Å². The Kier molecular flexibility index (Phi) is 4.12. The van der Waals surface area contributed by atoms with E-state index in [1.54, 1.807) is 0 Å². The molecule has 90 valence electrons. The molecule has 1 aromatic heterocycles. The van der Waals surface area contributed by atoms with Crippen molar-refractivity contribution >= 4 is 11.6 Å². The lowest BCUT2D eigenvalue weighted by atomic mass is 10.1. The molecule has 0 spiro atoms. The van der Waals surface area contributed by atoms with Gasteiger partial charge in [-0.1, -0.05) is 28.9 Å². The van der Waals surface area contributed by atoms with Crippen LogP contribution in [0.1, 0.15) is 17.3 Å². The monoisotopic (exact) mass is 251 g/mol. The minimum atomic E-state index is 0.667. The molecule has 0 saturated carbocycles. The third kappa shape index (κ3) is 3.54. The topological polar surface area (TPSA) is 51.0 Å². The normalized spacial score (nSPS) is 10.7. The van der Waals surface area contributed by atoms with E-state index in [9.17, 15) is 0 Å². The van der Waals surface area contributed by atoms with E-state index in [1.807, 2.05) is 31.3 Å². The lowest BCUT2D eigenvalue weighted by molar-refractivity contribution is 0.372. The van der Waals surface area contributed by atoms with Crippen molar-refractivity contribution in [3.8, 4) is 0 Å². The minimum absolute atomic E-state index is 0.667. The first kappa shape index (κ1) is 12.1. The van der Waals surface area contributed by atoms with Gasteiger partial charge in [-0.25, -0.2) is 0 Å². The summed E-state index contributed by atoms with van der Waals surface area (Å²) in [6.07, 6.45) is 1.42. The lowest BCUT2D eigenvalue weighted by Gasteiger charge is -1.96. The SMILES string of the molecule is CNCCc1nc(Cc2ccc(Cl)cc2)no1. The third-order valence-electron chi connectivity index (χ3n) is 2.37. The van der Waals surface area contributed by atoms with Crippen molar-refractivity contribution in [2.45, 2.75) is 12.8 Å². The van der Waals surface area contributed by atoms with Gasteiger partial charge in [-0.15, -0.1) is 0 Å². The molecule has 2 aromatic rings. The fourth-order valence-corrected chi connectivity index (χ4v) is 1.61. The maximum atomic E-state index is 5.82. The summed E-state index contributed by atoms with van der Waals surface area (Å²) in [5.74, 6) is 1.38. The highest BCUT2D eigenvalue weighted by Crippen LogP contribution is 2.12. The maximum Gasteiger partial charge on any atom is 0.227 e. The summed E-state index contributed by atoms with van der Waals surface area (Å²) < 4.78 is 5.14. The molecule has 0 atom stereocenters. The molecule has 0 unspecified atom stereocenters. The van der Waals surface area contributed by atoms with Crippen LogP contribution in [0.4, 0.5) is 0 Å². The van der Waals surface area contributed by atoms with Crippen LogP contribution in [0.3, 0.4) is 0 Å². The number of hydrogen-bond acceptors (Lipinski definition) is 4. The predicted octanol–water partition coefficient (Wildman–Crippen LogP) is 2.08. The van der Waals surface area contributed by atoms with Gasteiger partial charge in [0.1, 0.15) is 0 Å². The number of benzene rings is 1. The van der Waals surface area contributed by atoms with Crippen LogP contribution in [0.15, 0.2) is 28.8 Å². The molecule has 1 N–H and O–H groups in total. The van der Waals surface area contributed by atoms with Crippen molar-refractivity contribution in [2.75, 3.05) is 13.6 Å². The zero-order valence-corrected chi connectivity index (χ0v) is 10.4. The second kappa shape index (κ2) is 5.80. The molecule has 1 heterocycles. The fourth-order valence-electron chi connectivity index (χ4n) is 1.48. The molecule has 0 aliphatic heterocycles. The number of halogens is 1. The molecule has 0 aliphatic carbocycles. The molecule has 0 bridgehead atoms. The highest BCUT2D eigenvalue weighted by Gasteiger charge is 2.06. The Hall–Kier alpha value is -1.39. The van der Waals surface area contributed by atoms with Crippen molar-refractivity contribution in [3.05, 3.63) is 46.6 Å². The van der Waals surface area contributed by atoms with Crippen LogP contribution in [0.25, 0.3) is 0 Å². The maximum absolute atomic E-state index is 5.82. The molecular formula is C12H14ClN3O. The van der Waals surface area contributed by atoms with Crippen LogP contribution in [0.5, 0.6) is 0 Å². The summed E-state index contributed by atoms with van der Waals surface area (Å²) in [5.41, 5.74) is 1.12. The Bertz CT molecular complexity index is 467. The van der Waals surface area contributed by atoms with Crippen molar-refractivity contribution in [1.82, 2.24) is 15.5 Å². The number of rotatable bonds is 5. The van der Waals surface area contributed by atoms with Gasteiger partial charge < -0.3 is 9.84 Å². The highest BCUT2D eigenvalue weighted by molar-refractivity contribution is 6.30. The van der Waals surface area contributed by atoms with Crippen molar-refractivity contribution in [2.24, 2.45) is 0 Å². The van der Waals surface area contributed by atoms with E-state index in [0.717, 1.165) is 23.6 Å². The van der Waals surface area contributed by atoms with E-state index in [1.165, 1.54) is 0 Å². The molecule has 0 radical (unpaired) electrons. The number of likely N-dealkylation sites (N-methyl/N-ethyl adjacent to an activating group) is 1. The molecule has 0 aliphatic rings. The first-order valence-corrected chi connectivity index (χ1v) is 5.86. The first-order chi connectivity index (χ1) is 8.28. The zero-order chi connectivity index (χ0) is 12.1. The van der Waals surface area contributed by atoms with E-state index in [-0.39, 0.29) is 0 Å². The van der Waals surface area contributed by atoms with E-state index in [4.69, 9.17) is 16.1 Å². The van der Waals surface area contributed by atoms with Gasteiger partial charge in [0, 0.05) is 24.4 Å². The third-order valence-corrected chi connectivity index (χ3v) is 2.63. The molecule has 0 amide bonds. The van der Waals surface area contributed by atoms with E-state index < -0.39 is 0 Å². The van der Waals surface area contributed by atoms with E-state index >= 15 is 0 Å². The average molecular weight is 252 g/mol. The summed E-state index contributed by atoms with van der Waals surface area (Å²) in [6, 6.07) is 7.65. The van der Waals surface area contributed by atoms with Crippen molar-refractivity contribution < 1.29 is 4.52 Å². The van der Waals surface area contributed by atoms with E-state index in [2.05, 4.69) is 15.5 Å². The fraction of sp³-hybridized carbons (Fsp3) is 0.333. The van der Waals surface area contributed by atoms with Gasteiger partial charge in [-0.05, 0) is 24.7 Å². The smallest absolute Gasteiger partial charge is 0.227 e. The van der Waals surface area contributed by atoms with Crippen LogP contribution >= 0.6 is 11.6 Å². The second-order valence-electron chi connectivity index (χ2n) is 3.76. The summed E-state index contributed by atoms with van der Waals surface area (Å²) in [6.45, 7) is 0.836. The van der Waals surface area contributed by atoms with Crippen molar-refractivity contribution in [3.63, 3.8) is 0 Å². The molecule has 4 nitrogen and oxygen atoms in total. The van der Waals surface area contributed by atoms with Gasteiger partial charge in [0.05, 0.1) is 0 Å². The van der Waals surface area contributed by atoms with E-state index in [0.29, 0.717) is 18.1 Å². The Morgan fingerprint density at radius 1 is 1.29 bits per heavy atom. The van der Waals surface area contributed by atoms with Gasteiger partial charge in [0.2, 0.25) is 5.89 Å². The quantitative estimate of drug-likeness (QED) is 0.884. The Morgan fingerprint density at radius 2 is 2.06 bits per heavy atom. The Morgan fingerprint density at radius 3 is 2.76 bits per heavy atom. The number of nitrogens with zero attached hydrogens (tertiary/aromatic N) is 2. The Labute approximate surface area is 105 Å². The number of aromatic nitrogens is 2. The molecule has 2 rings (SSSR count). The van der Waals surface area contributed by atoms with Crippen molar-refractivity contribution in [1.29, 1.82) is 0 Å². The van der Waals surface area contributed by atoms with Crippen LogP contribution < -0.4 is 5.32 Å². The van der Waals surface area contributed by atoms with Crippen LogP contribution in [0.2, 0.25) is 5.02 Å². The molecule has 5 heteroatoms. The first-order valence-electron chi connectivity index (χ1n) is 5.48. The van der Waals surface area contributed by atoms with Crippen LogP contribution in [-0.4, -0.2) is 23.7 Å². The Balaban J connectivity index is 1.98. The molecule has 0 fully saturated rings. The largest absolute Gasteiger partial charge is 0.339 e. The average Bonchev–Trinajstić information content (AvgIpc) is 2.77. The minimum Gasteiger partial charge on any atom is -0.339 e. The summed E-state index contributed by atoms with van der Waals surface area (Å²) in [5, 5.41) is 7.71. The lowest BCUT2D eigenvalue weighted by Crippen LogP contribution is -2.10. The zero-order valence-electron chi connectivity index (χ0n) is 9.61. The van der Waals surface area contributed by atoms with Gasteiger partial charge in [0.25, 0.3) is 0 Å². The second-order valence-corrected chi connectivity index (χ2v) is 4.20. The number of hydrogen-bond donors (Lipinski definition) is 1. The van der Waals surface area contributed by atoms with Gasteiger partial charge in [0.15, 0.2) is 5.82 Å². The van der Waals surface area contributed by atoms with Gasteiger partial charge in [-0.2, -0.15) is 4.98 Å². The van der Waals surface area contributed by atoms with Gasteiger partial charge >= 0.3 is 0 Å². The summed E-state index contributed by atoms with van der Waals surface area (Å²) in [7, 11) is 1.89. The molecule has 0 saturated heterocycles. The standard InChI is InChI=1S/C12H14ClN3O/c1-14-7-6-12-15-11(16-17-12)8-9-2-4-10(13)5-3-9/h2-5,14H,6-8H2,1H3. The molecule has 17 heavy (non-hydrogen) atoms. The van der Waals surface area contributed by atoms with Crippen LogP contribution in [-0.2, 0) is 12.8 Å². The molecular weight excluding hydrogens is 238 g/mol. The van der Waals surface area contributed by atoms with Gasteiger partial charge in [-0.3, -0.25) is 0 Å². The summed E-state index contributed by atoms with van der Waals surface area (Å²) >= 11 is 5.82. The molecule has 1 aromatic carbocycles.